The van der Waals surface area contributed by atoms with E-state index in [1.807, 2.05) is 30.0 Å². The molecule has 13 heteroatoms. The molecule has 2 aliphatic heterocycles. The van der Waals surface area contributed by atoms with Crippen molar-refractivity contribution in [1.82, 2.24) is 24.2 Å². The molecule has 210 valence electrons. The van der Waals surface area contributed by atoms with Crippen LogP contribution in [0.4, 0.5) is 11.8 Å². The van der Waals surface area contributed by atoms with Crippen molar-refractivity contribution in [3.8, 4) is 0 Å². The molecule has 0 bridgehead atoms. The number of methoxy groups -OCH3 is 1. The van der Waals surface area contributed by atoms with E-state index in [0.717, 1.165) is 31.7 Å². The molecule has 4 heterocycles. The Labute approximate surface area is 233 Å². The Morgan fingerprint density at radius 1 is 1.18 bits per heavy atom. The zero-order valence-corrected chi connectivity index (χ0v) is 24.0. The predicted octanol–water partition coefficient (Wildman–Crippen LogP) is 2.44. The largest absolute Gasteiger partial charge is 0.382 e. The molecule has 1 N–H and O–H groups in total. The number of nitrogens with one attached hydrogen (secondary N) is 1. The van der Waals surface area contributed by atoms with E-state index in [1.54, 1.807) is 37.6 Å². The standard InChI is InChI=1S/C26H34ClN7O4S/c1-31(2)26-28-9-6-23(30-26)32-10-7-18(8-11-32)14-34-21(17-38-3)15-33(16-25(34)35)39(36,37)24-13-19-12-20(27)4-5-22(19)29-24/h4-6,9,12-13,18,21,29H,7-8,10-11,14-17H2,1-3H3/t21-/m1/s1. The number of nitrogens with zero attached hydrogens (tertiary/aromatic N) is 6. The summed E-state index contributed by atoms with van der Waals surface area (Å²) in [7, 11) is 1.49. The molecule has 2 aromatic heterocycles. The van der Waals surface area contributed by atoms with Crippen molar-refractivity contribution >= 4 is 50.2 Å². The lowest BCUT2D eigenvalue weighted by Crippen LogP contribution is -2.60. The highest BCUT2D eigenvalue weighted by Crippen LogP contribution is 2.28. The number of ether oxygens (including phenoxy) is 1. The minimum absolute atomic E-state index is 0.0479. The van der Waals surface area contributed by atoms with Gasteiger partial charge in [0.1, 0.15) is 10.8 Å². The minimum Gasteiger partial charge on any atom is -0.382 e. The Morgan fingerprint density at radius 3 is 2.67 bits per heavy atom. The third-order valence-corrected chi connectivity index (χ3v) is 9.41. The van der Waals surface area contributed by atoms with Gasteiger partial charge in [0.2, 0.25) is 11.9 Å². The summed E-state index contributed by atoms with van der Waals surface area (Å²) in [6.45, 7) is 2.46. The minimum atomic E-state index is -3.92. The number of piperazine rings is 1. The van der Waals surface area contributed by atoms with Crippen molar-refractivity contribution in [2.75, 3.05) is 70.3 Å². The van der Waals surface area contributed by atoms with Gasteiger partial charge in [-0.3, -0.25) is 4.79 Å². The van der Waals surface area contributed by atoms with E-state index in [1.165, 1.54) is 4.31 Å². The number of halogens is 1. The molecule has 0 radical (unpaired) electrons. The number of benzene rings is 1. The van der Waals surface area contributed by atoms with E-state index in [2.05, 4.69) is 19.9 Å². The monoisotopic (exact) mass is 575 g/mol. The van der Waals surface area contributed by atoms with Crippen LogP contribution in [0.3, 0.4) is 0 Å². The molecule has 2 fully saturated rings. The molecule has 0 unspecified atom stereocenters. The Hall–Kier alpha value is -2.93. The Bertz CT molecular complexity index is 1440. The summed E-state index contributed by atoms with van der Waals surface area (Å²) < 4.78 is 33.7. The van der Waals surface area contributed by atoms with Crippen molar-refractivity contribution in [3.63, 3.8) is 0 Å². The summed E-state index contributed by atoms with van der Waals surface area (Å²) in [5, 5.41) is 1.27. The van der Waals surface area contributed by atoms with Crippen LogP contribution in [0.2, 0.25) is 5.02 Å². The first-order valence-corrected chi connectivity index (χ1v) is 14.8. The van der Waals surface area contributed by atoms with Crippen LogP contribution in [0.1, 0.15) is 12.8 Å². The summed E-state index contributed by atoms with van der Waals surface area (Å²) in [4.78, 5) is 31.2. The summed E-state index contributed by atoms with van der Waals surface area (Å²) in [6, 6.07) is 8.27. The van der Waals surface area contributed by atoms with Gasteiger partial charge >= 0.3 is 0 Å². The number of anilines is 2. The molecule has 1 atom stereocenters. The summed E-state index contributed by atoms with van der Waals surface area (Å²) in [5.74, 6) is 1.67. The summed E-state index contributed by atoms with van der Waals surface area (Å²) >= 11 is 6.07. The normalized spacial score (nSPS) is 19.7. The Kier molecular flexibility index (Phi) is 7.99. The van der Waals surface area contributed by atoms with E-state index >= 15 is 0 Å². The molecule has 0 aliphatic carbocycles. The number of H-pyrrole nitrogens is 1. The van der Waals surface area contributed by atoms with Gasteiger partial charge in [0.05, 0.1) is 19.2 Å². The number of piperidine rings is 1. The van der Waals surface area contributed by atoms with Gasteiger partial charge in [-0.1, -0.05) is 11.6 Å². The topological polar surface area (TPSA) is 115 Å². The first kappa shape index (κ1) is 27.6. The van der Waals surface area contributed by atoms with E-state index in [-0.39, 0.29) is 36.7 Å². The van der Waals surface area contributed by atoms with Crippen LogP contribution in [0.5, 0.6) is 0 Å². The number of aromatic nitrogens is 3. The molecular formula is C26H34ClN7O4S. The molecule has 0 spiro atoms. The van der Waals surface area contributed by atoms with Crippen LogP contribution in [0, 0.1) is 5.92 Å². The van der Waals surface area contributed by atoms with Gasteiger partial charge in [0.15, 0.2) is 0 Å². The van der Waals surface area contributed by atoms with Gasteiger partial charge in [-0.15, -0.1) is 0 Å². The Morgan fingerprint density at radius 2 is 1.95 bits per heavy atom. The van der Waals surface area contributed by atoms with Crippen LogP contribution in [-0.2, 0) is 19.6 Å². The number of hydrogen-bond acceptors (Lipinski definition) is 8. The average Bonchev–Trinajstić information content (AvgIpc) is 3.35. The zero-order valence-electron chi connectivity index (χ0n) is 22.4. The van der Waals surface area contributed by atoms with E-state index in [9.17, 15) is 13.2 Å². The van der Waals surface area contributed by atoms with Crippen molar-refractivity contribution in [1.29, 1.82) is 0 Å². The maximum Gasteiger partial charge on any atom is 0.259 e. The molecule has 39 heavy (non-hydrogen) atoms. The highest BCUT2D eigenvalue weighted by atomic mass is 35.5. The van der Waals surface area contributed by atoms with E-state index in [4.69, 9.17) is 16.3 Å². The van der Waals surface area contributed by atoms with E-state index < -0.39 is 10.0 Å². The fourth-order valence-electron chi connectivity index (χ4n) is 5.32. The van der Waals surface area contributed by atoms with Gasteiger partial charge in [-0.25, -0.2) is 13.4 Å². The third kappa shape index (κ3) is 5.84. The highest BCUT2D eigenvalue weighted by molar-refractivity contribution is 7.89. The SMILES string of the molecule is COC[C@H]1CN(S(=O)(=O)c2cc3cc(Cl)ccc3[nH]2)CC(=O)N1CC1CCN(c2ccnc(N(C)C)n2)CC1. The molecule has 1 amide bonds. The molecule has 2 saturated heterocycles. The molecule has 11 nitrogen and oxygen atoms in total. The van der Waals surface area contributed by atoms with Gasteiger partial charge < -0.3 is 24.4 Å². The lowest BCUT2D eigenvalue weighted by atomic mass is 9.95. The van der Waals surface area contributed by atoms with Gasteiger partial charge in [-0.2, -0.15) is 9.29 Å². The second kappa shape index (κ2) is 11.3. The van der Waals surface area contributed by atoms with Gasteiger partial charge in [-0.05, 0) is 49.1 Å². The first-order valence-electron chi connectivity index (χ1n) is 13.0. The van der Waals surface area contributed by atoms with Crippen LogP contribution in [-0.4, -0.2) is 105 Å². The number of rotatable bonds is 8. The highest BCUT2D eigenvalue weighted by Gasteiger charge is 2.40. The quantitative estimate of drug-likeness (QED) is 0.435. The average molecular weight is 576 g/mol. The van der Waals surface area contributed by atoms with Crippen LogP contribution in [0.15, 0.2) is 41.6 Å². The number of aromatic amines is 1. The fourth-order valence-corrected chi connectivity index (χ4v) is 6.94. The lowest BCUT2D eigenvalue weighted by molar-refractivity contribution is -0.140. The van der Waals surface area contributed by atoms with Crippen LogP contribution < -0.4 is 9.80 Å². The van der Waals surface area contributed by atoms with Crippen molar-refractivity contribution in [3.05, 3.63) is 41.6 Å². The second-order valence-corrected chi connectivity index (χ2v) is 12.7. The molecule has 2 aliphatic rings. The number of amides is 1. The predicted molar refractivity (Wildman–Crippen MR) is 151 cm³/mol. The first-order chi connectivity index (χ1) is 18.7. The molecular weight excluding hydrogens is 542 g/mol. The van der Waals surface area contributed by atoms with Gasteiger partial charge in [0.25, 0.3) is 10.0 Å². The Balaban J connectivity index is 1.25. The van der Waals surface area contributed by atoms with Crippen molar-refractivity contribution in [2.45, 2.75) is 23.9 Å². The molecule has 0 saturated carbocycles. The van der Waals surface area contributed by atoms with Gasteiger partial charge in [0, 0.05) is 69.5 Å². The zero-order chi connectivity index (χ0) is 27.7. The van der Waals surface area contributed by atoms with Crippen LogP contribution in [0.25, 0.3) is 10.9 Å². The van der Waals surface area contributed by atoms with Crippen molar-refractivity contribution < 1.29 is 17.9 Å². The maximum atomic E-state index is 13.5. The molecule has 3 aromatic rings. The van der Waals surface area contributed by atoms with Crippen LogP contribution >= 0.6 is 11.6 Å². The summed E-state index contributed by atoms with van der Waals surface area (Å²) in [6.07, 6.45) is 3.59. The number of carbonyl (C=O) groups is 1. The fraction of sp³-hybridized carbons (Fsp3) is 0.500. The number of sulfonamides is 1. The number of fused-ring (bicyclic) bond motifs is 1. The maximum absolute atomic E-state index is 13.5. The number of carbonyl (C=O) groups excluding carboxylic acids is 1. The third-order valence-electron chi connectivity index (χ3n) is 7.44. The second-order valence-electron chi connectivity index (χ2n) is 10.4. The van der Waals surface area contributed by atoms with Crippen molar-refractivity contribution in [2.24, 2.45) is 5.92 Å². The summed E-state index contributed by atoms with van der Waals surface area (Å²) in [5.41, 5.74) is 0.669. The number of hydrogen-bond donors (Lipinski definition) is 1. The molecule has 5 rings (SSSR count). The smallest absolute Gasteiger partial charge is 0.259 e. The van der Waals surface area contributed by atoms with E-state index in [0.29, 0.717) is 34.3 Å². The molecule has 1 aromatic carbocycles. The lowest BCUT2D eigenvalue weighted by Gasteiger charge is -2.43.